The van der Waals surface area contributed by atoms with Crippen LogP contribution in [0.25, 0.3) is 17.0 Å². The van der Waals surface area contributed by atoms with E-state index in [0.29, 0.717) is 54.7 Å². The van der Waals surface area contributed by atoms with E-state index in [1.165, 1.54) is 4.57 Å². The number of morpholine rings is 1. The maximum Gasteiger partial charge on any atom is 0.296 e. The van der Waals surface area contributed by atoms with E-state index >= 15 is 0 Å². The molecule has 1 saturated heterocycles. The van der Waals surface area contributed by atoms with Gasteiger partial charge >= 0.3 is 0 Å². The molecule has 0 amide bonds. The number of halogens is 2. The molecule has 1 N–H and O–H groups in total. The third-order valence-electron chi connectivity index (χ3n) is 5.21. The van der Waals surface area contributed by atoms with E-state index in [4.69, 9.17) is 9.47 Å². The van der Waals surface area contributed by atoms with E-state index in [0.717, 1.165) is 0 Å². The number of benzene rings is 2. The molecular weight excluding hydrogens is 432 g/mol. The summed E-state index contributed by atoms with van der Waals surface area (Å²) >= 11 is 0. The SMILES string of the molecule is COc1cccc(Nc2nc(N3CCOCC3)nc(-n3c(C(F)F)nc4ccccc43)n2)c1. The Labute approximate surface area is 188 Å². The Kier molecular flexibility index (Phi) is 5.69. The molecule has 0 radical (unpaired) electrons. The molecule has 0 unspecified atom stereocenters. The van der Waals surface area contributed by atoms with Crippen molar-refractivity contribution in [3.8, 4) is 11.7 Å². The maximum absolute atomic E-state index is 13.9. The molecule has 0 bridgehead atoms. The number of hydrogen-bond donors (Lipinski definition) is 1. The Morgan fingerprint density at radius 2 is 1.76 bits per heavy atom. The fourth-order valence-electron chi connectivity index (χ4n) is 3.65. The molecule has 33 heavy (non-hydrogen) atoms. The van der Waals surface area contributed by atoms with Crippen LogP contribution in [0.1, 0.15) is 12.2 Å². The molecule has 1 aliphatic heterocycles. The lowest BCUT2D eigenvalue weighted by Gasteiger charge is -2.27. The normalized spacial score (nSPS) is 14.1. The van der Waals surface area contributed by atoms with Crippen molar-refractivity contribution >= 4 is 28.6 Å². The molecular formula is C22H21F2N7O2. The van der Waals surface area contributed by atoms with Gasteiger partial charge in [-0.15, -0.1) is 0 Å². The first-order valence-corrected chi connectivity index (χ1v) is 10.4. The number of hydrogen-bond acceptors (Lipinski definition) is 8. The average molecular weight is 453 g/mol. The van der Waals surface area contributed by atoms with Crippen molar-refractivity contribution < 1.29 is 18.3 Å². The van der Waals surface area contributed by atoms with Crippen LogP contribution in [0.3, 0.4) is 0 Å². The van der Waals surface area contributed by atoms with Crippen LogP contribution in [0, 0.1) is 0 Å². The topological polar surface area (TPSA) is 90.2 Å². The number of imidazole rings is 1. The van der Waals surface area contributed by atoms with Crippen molar-refractivity contribution in [3.63, 3.8) is 0 Å². The third-order valence-corrected chi connectivity index (χ3v) is 5.21. The zero-order valence-electron chi connectivity index (χ0n) is 17.8. The van der Waals surface area contributed by atoms with E-state index < -0.39 is 12.2 Å². The van der Waals surface area contributed by atoms with Gasteiger partial charge in [-0.3, -0.25) is 4.57 Å². The van der Waals surface area contributed by atoms with Gasteiger partial charge in [0.1, 0.15) is 5.75 Å². The highest BCUT2D eigenvalue weighted by atomic mass is 19.3. The van der Waals surface area contributed by atoms with Crippen molar-refractivity contribution in [2.45, 2.75) is 6.43 Å². The molecule has 1 fully saturated rings. The quantitative estimate of drug-likeness (QED) is 0.472. The average Bonchev–Trinajstić information content (AvgIpc) is 3.25. The van der Waals surface area contributed by atoms with Crippen LogP contribution < -0.4 is 15.0 Å². The first kappa shape index (κ1) is 21.0. The van der Waals surface area contributed by atoms with Crippen LogP contribution in [0.5, 0.6) is 5.75 Å². The molecule has 5 rings (SSSR count). The minimum Gasteiger partial charge on any atom is -0.497 e. The highest BCUT2D eigenvalue weighted by Crippen LogP contribution is 2.28. The lowest BCUT2D eigenvalue weighted by molar-refractivity contribution is 0.122. The first-order valence-electron chi connectivity index (χ1n) is 10.4. The molecule has 2 aromatic carbocycles. The number of nitrogens with zero attached hydrogens (tertiary/aromatic N) is 6. The van der Waals surface area contributed by atoms with Crippen LogP contribution in [0.2, 0.25) is 0 Å². The second-order valence-corrected chi connectivity index (χ2v) is 7.31. The van der Waals surface area contributed by atoms with Gasteiger partial charge in [-0.1, -0.05) is 18.2 Å². The van der Waals surface area contributed by atoms with Gasteiger partial charge < -0.3 is 19.7 Å². The number of fused-ring (bicyclic) bond motifs is 1. The lowest BCUT2D eigenvalue weighted by atomic mass is 10.3. The van der Waals surface area contributed by atoms with Gasteiger partial charge in [0.15, 0.2) is 5.82 Å². The number of rotatable bonds is 6. The zero-order chi connectivity index (χ0) is 22.8. The summed E-state index contributed by atoms with van der Waals surface area (Å²) in [6, 6.07) is 14.2. The van der Waals surface area contributed by atoms with Crippen molar-refractivity contribution in [3.05, 3.63) is 54.4 Å². The highest BCUT2D eigenvalue weighted by molar-refractivity contribution is 5.77. The summed E-state index contributed by atoms with van der Waals surface area (Å²) in [6.07, 6.45) is -2.81. The summed E-state index contributed by atoms with van der Waals surface area (Å²) in [5.74, 6) is 0.867. The minimum atomic E-state index is -2.81. The van der Waals surface area contributed by atoms with Gasteiger partial charge in [0, 0.05) is 24.8 Å². The van der Waals surface area contributed by atoms with Crippen molar-refractivity contribution in [1.82, 2.24) is 24.5 Å². The molecule has 4 aromatic rings. The van der Waals surface area contributed by atoms with Crippen LogP contribution in [0.15, 0.2) is 48.5 Å². The molecule has 0 atom stereocenters. The zero-order valence-corrected chi connectivity index (χ0v) is 17.8. The molecule has 9 nitrogen and oxygen atoms in total. The molecule has 1 aliphatic rings. The minimum absolute atomic E-state index is 0.0564. The van der Waals surface area contributed by atoms with Gasteiger partial charge in [0.25, 0.3) is 6.43 Å². The summed E-state index contributed by atoms with van der Waals surface area (Å²) in [5.41, 5.74) is 1.60. The largest absolute Gasteiger partial charge is 0.497 e. The number of methoxy groups -OCH3 is 1. The number of aromatic nitrogens is 5. The molecule has 0 aliphatic carbocycles. The standard InChI is InChI=1S/C22H21F2N7O2/c1-32-15-6-4-5-14(13-15)25-20-27-21(30-9-11-33-12-10-30)29-22(28-20)31-17-8-3-2-7-16(17)26-19(31)18(23)24/h2-8,13,18H,9-12H2,1H3,(H,25,27,28,29). The molecule has 2 aromatic heterocycles. The van der Waals surface area contributed by atoms with Gasteiger partial charge in [0.2, 0.25) is 17.8 Å². The summed E-state index contributed by atoms with van der Waals surface area (Å²) in [6.45, 7) is 2.20. The summed E-state index contributed by atoms with van der Waals surface area (Å²) in [7, 11) is 1.58. The monoisotopic (exact) mass is 453 g/mol. The Balaban J connectivity index is 1.65. The summed E-state index contributed by atoms with van der Waals surface area (Å²) in [5, 5.41) is 3.14. The molecule has 0 spiro atoms. The van der Waals surface area contributed by atoms with Crippen LogP contribution in [0.4, 0.5) is 26.4 Å². The van der Waals surface area contributed by atoms with E-state index in [-0.39, 0.29) is 11.9 Å². The molecule has 11 heteroatoms. The summed E-state index contributed by atoms with van der Waals surface area (Å²) < 4.78 is 39.8. The fourth-order valence-corrected chi connectivity index (χ4v) is 3.65. The lowest BCUT2D eigenvalue weighted by Crippen LogP contribution is -2.37. The predicted molar refractivity (Wildman–Crippen MR) is 119 cm³/mol. The summed E-state index contributed by atoms with van der Waals surface area (Å²) in [4.78, 5) is 19.6. The fraction of sp³-hybridized carbons (Fsp3) is 0.273. The smallest absolute Gasteiger partial charge is 0.296 e. The van der Waals surface area contributed by atoms with Crippen molar-refractivity contribution in [2.24, 2.45) is 0 Å². The highest BCUT2D eigenvalue weighted by Gasteiger charge is 2.24. The number of nitrogens with one attached hydrogen (secondary N) is 1. The Hall–Kier alpha value is -3.86. The number of anilines is 3. The second-order valence-electron chi connectivity index (χ2n) is 7.31. The second kappa shape index (κ2) is 8.94. The number of alkyl halides is 2. The third kappa shape index (κ3) is 4.27. The predicted octanol–water partition coefficient (Wildman–Crippen LogP) is 3.74. The molecule has 0 saturated carbocycles. The van der Waals surface area contributed by atoms with Crippen LogP contribution >= 0.6 is 0 Å². The Morgan fingerprint density at radius 1 is 0.970 bits per heavy atom. The van der Waals surface area contributed by atoms with Crippen molar-refractivity contribution in [1.29, 1.82) is 0 Å². The van der Waals surface area contributed by atoms with E-state index in [2.05, 4.69) is 25.3 Å². The molecule has 3 heterocycles. The van der Waals surface area contributed by atoms with Gasteiger partial charge in [-0.05, 0) is 24.3 Å². The first-order chi connectivity index (χ1) is 16.1. The van der Waals surface area contributed by atoms with Gasteiger partial charge in [0.05, 0.1) is 31.4 Å². The Morgan fingerprint density at radius 3 is 2.55 bits per heavy atom. The number of para-hydroxylation sites is 2. The van der Waals surface area contributed by atoms with E-state index in [9.17, 15) is 8.78 Å². The maximum atomic E-state index is 13.9. The van der Waals surface area contributed by atoms with Crippen LogP contribution in [-0.4, -0.2) is 57.9 Å². The van der Waals surface area contributed by atoms with Gasteiger partial charge in [-0.25, -0.2) is 13.8 Å². The van der Waals surface area contributed by atoms with E-state index in [1.807, 2.05) is 23.1 Å². The Bertz CT molecular complexity index is 1270. The van der Waals surface area contributed by atoms with Crippen molar-refractivity contribution in [2.75, 3.05) is 43.6 Å². The molecule has 170 valence electrons. The van der Waals surface area contributed by atoms with E-state index in [1.54, 1.807) is 37.4 Å². The van der Waals surface area contributed by atoms with Crippen LogP contribution in [-0.2, 0) is 4.74 Å². The van der Waals surface area contributed by atoms with Gasteiger partial charge in [-0.2, -0.15) is 15.0 Å². The number of ether oxygens (including phenoxy) is 2.